The fourth-order valence-corrected chi connectivity index (χ4v) is 1.88. The molecule has 0 amide bonds. The van der Waals surface area contributed by atoms with Crippen molar-refractivity contribution in [2.75, 3.05) is 0 Å². The van der Waals surface area contributed by atoms with Gasteiger partial charge in [0, 0.05) is 12.6 Å². The largest absolute Gasteiger partial charge is 0.416 e. The summed E-state index contributed by atoms with van der Waals surface area (Å²) in [4.78, 5) is 11.5. The average Bonchev–Trinajstić information content (AvgIpc) is 2.70. The van der Waals surface area contributed by atoms with E-state index in [2.05, 4.69) is 5.10 Å². The van der Waals surface area contributed by atoms with E-state index in [0.717, 1.165) is 12.1 Å². The number of carbonyl (C=O) groups excluding carboxylic acids is 1. The number of hydrogen-bond donors (Lipinski definition) is 0. The molecule has 100 valence electrons. The number of ketones is 1. The van der Waals surface area contributed by atoms with E-state index in [1.807, 2.05) is 0 Å². The van der Waals surface area contributed by atoms with Crippen LogP contribution in [0.15, 0.2) is 30.5 Å². The molecule has 0 N–H and O–H groups in total. The minimum atomic E-state index is -4.41. The predicted molar refractivity (Wildman–Crippen MR) is 63.7 cm³/mol. The summed E-state index contributed by atoms with van der Waals surface area (Å²) in [6.45, 7) is 1.36. The molecule has 0 atom stereocenters. The Labute approximate surface area is 107 Å². The molecule has 1 aromatic heterocycles. The minimum absolute atomic E-state index is 0.236. The lowest BCUT2D eigenvalue weighted by atomic mass is 10.0. The van der Waals surface area contributed by atoms with E-state index in [4.69, 9.17) is 0 Å². The summed E-state index contributed by atoms with van der Waals surface area (Å²) in [5.41, 5.74) is 0.265. The molecule has 0 saturated heterocycles. The lowest BCUT2D eigenvalue weighted by Gasteiger charge is -2.10. The molecule has 0 spiro atoms. The van der Waals surface area contributed by atoms with E-state index in [1.165, 1.54) is 29.9 Å². The molecule has 0 aliphatic rings. The van der Waals surface area contributed by atoms with Crippen LogP contribution >= 0.6 is 0 Å². The van der Waals surface area contributed by atoms with Crippen LogP contribution in [0.1, 0.15) is 22.8 Å². The van der Waals surface area contributed by atoms with Crippen LogP contribution in [0, 0.1) is 0 Å². The topological polar surface area (TPSA) is 34.9 Å². The fourth-order valence-electron chi connectivity index (χ4n) is 1.88. The van der Waals surface area contributed by atoms with Crippen molar-refractivity contribution in [2.24, 2.45) is 7.05 Å². The molecule has 0 unspecified atom stereocenters. The Kier molecular flexibility index (Phi) is 3.18. The van der Waals surface area contributed by atoms with E-state index >= 15 is 0 Å². The van der Waals surface area contributed by atoms with Gasteiger partial charge in [-0.05, 0) is 19.1 Å². The highest BCUT2D eigenvalue weighted by atomic mass is 19.4. The Bertz CT molecular complexity index is 629. The van der Waals surface area contributed by atoms with Gasteiger partial charge < -0.3 is 0 Å². The zero-order chi connectivity index (χ0) is 14.2. The molecular weight excluding hydrogens is 257 g/mol. The first-order valence-corrected chi connectivity index (χ1v) is 5.51. The van der Waals surface area contributed by atoms with Crippen molar-refractivity contribution < 1.29 is 18.0 Å². The highest BCUT2D eigenvalue weighted by Crippen LogP contribution is 2.33. The summed E-state index contributed by atoms with van der Waals surface area (Å²) in [6.07, 6.45) is -3.05. The lowest BCUT2D eigenvalue weighted by Crippen LogP contribution is -2.05. The van der Waals surface area contributed by atoms with Gasteiger partial charge in [-0.3, -0.25) is 9.48 Å². The van der Waals surface area contributed by atoms with Gasteiger partial charge in [-0.25, -0.2) is 0 Å². The van der Waals surface area contributed by atoms with Crippen LogP contribution < -0.4 is 0 Å². The van der Waals surface area contributed by atoms with E-state index in [-0.39, 0.29) is 5.78 Å². The molecule has 0 bridgehead atoms. The normalized spacial score (nSPS) is 11.6. The molecule has 0 aliphatic heterocycles. The van der Waals surface area contributed by atoms with Gasteiger partial charge in [0.2, 0.25) is 0 Å². The number of Topliss-reactive ketones (excluding diaryl/α,β-unsaturated/α-hetero) is 1. The summed E-state index contributed by atoms with van der Waals surface area (Å²) in [7, 11) is 1.59. The number of aryl methyl sites for hydroxylation is 1. The molecule has 2 rings (SSSR count). The van der Waals surface area contributed by atoms with Crippen LogP contribution in [-0.2, 0) is 13.2 Å². The summed E-state index contributed by atoms with van der Waals surface area (Å²) in [6, 6.07) is 4.85. The van der Waals surface area contributed by atoms with Gasteiger partial charge in [0.1, 0.15) is 0 Å². The molecule has 3 nitrogen and oxygen atoms in total. The number of rotatable bonds is 2. The first kappa shape index (κ1) is 13.3. The summed E-state index contributed by atoms with van der Waals surface area (Å²) in [5, 5.41) is 3.92. The molecule has 19 heavy (non-hydrogen) atoms. The Morgan fingerprint density at radius 3 is 2.58 bits per heavy atom. The van der Waals surface area contributed by atoms with Crippen molar-refractivity contribution in [1.82, 2.24) is 9.78 Å². The maximum Gasteiger partial charge on any atom is 0.416 e. The van der Waals surface area contributed by atoms with E-state index in [1.54, 1.807) is 7.05 Å². The summed E-state index contributed by atoms with van der Waals surface area (Å²) < 4.78 is 39.4. The van der Waals surface area contributed by atoms with Crippen LogP contribution in [-0.4, -0.2) is 15.6 Å². The third-order valence-electron chi connectivity index (χ3n) is 2.78. The van der Waals surface area contributed by atoms with E-state index < -0.39 is 11.7 Å². The highest BCUT2D eigenvalue weighted by Gasteiger charge is 2.31. The number of benzene rings is 1. The molecule has 2 aromatic rings. The Morgan fingerprint density at radius 1 is 1.32 bits per heavy atom. The molecule has 0 radical (unpaired) electrons. The minimum Gasteiger partial charge on any atom is -0.294 e. The van der Waals surface area contributed by atoms with Crippen molar-refractivity contribution in [2.45, 2.75) is 13.1 Å². The molecule has 0 fully saturated rings. The Hall–Kier alpha value is -2.11. The monoisotopic (exact) mass is 268 g/mol. The zero-order valence-corrected chi connectivity index (χ0v) is 10.3. The van der Waals surface area contributed by atoms with E-state index in [0.29, 0.717) is 16.8 Å². The molecule has 1 heterocycles. The van der Waals surface area contributed by atoms with Crippen LogP contribution in [0.2, 0.25) is 0 Å². The molecule has 0 saturated carbocycles. The van der Waals surface area contributed by atoms with Crippen molar-refractivity contribution in [1.29, 1.82) is 0 Å². The molecule has 1 aromatic carbocycles. The molecule has 6 heteroatoms. The number of nitrogens with zero attached hydrogens (tertiary/aromatic N) is 2. The Balaban J connectivity index is 2.60. The van der Waals surface area contributed by atoms with Crippen molar-refractivity contribution >= 4 is 5.78 Å². The standard InChI is InChI=1S/C13H11F3N2O/c1-8(19)11-7-17-18(2)12(11)9-4-3-5-10(6-9)13(14,15)16/h3-7H,1-2H3. The predicted octanol–water partition coefficient (Wildman–Crippen LogP) is 3.31. The molecular formula is C13H11F3N2O. The first-order valence-electron chi connectivity index (χ1n) is 5.51. The van der Waals surface area contributed by atoms with Crippen molar-refractivity contribution in [3.8, 4) is 11.3 Å². The number of halogens is 3. The van der Waals surface area contributed by atoms with Crippen LogP contribution in [0.3, 0.4) is 0 Å². The number of aromatic nitrogens is 2. The quantitative estimate of drug-likeness (QED) is 0.783. The van der Waals surface area contributed by atoms with Crippen LogP contribution in [0.25, 0.3) is 11.3 Å². The van der Waals surface area contributed by atoms with Gasteiger partial charge in [-0.15, -0.1) is 0 Å². The smallest absolute Gasteiger partial charge is 0.294 e. The van der Waals surface area contributed by atoms with Gasteiger partial charge in [0.05, 0.1) is 23.0 Å². The SMILES string of the molecule is CC(=O)c1cnn(C)c1-c1cccc(C(F)(F)F)c1. The second-order valence-corrected chi connectivity index (χ2v) is 4.17. The maximum atomic E-state index is 12.7. The fraction of sp³-hybridized carbons (Fsp3) is 0.231. The second kappa shape index (κ2) is 4.53. The van der Waals surface area contributed by atoms with Crippen molar-refractivity contribution in [3.63, 3.8) is 0 Å². The van der Waals surface area contributed by atoms with Gasteiger partial charge in [0.15, 0.2) is 5.78 Å². The molecule has 0 aliphatic carbocycles. The third kappa shape index (κ3) is 2.52. The van der Waals surface area contributed by atoms with Gasteiger partial charge in [0.25, 0.3) is 0 Å². The lowest BCUT2D eigenvalue weighted by molar-refractivity contribution is -0.137. The number of alkyl halides is 3. The van der Waals surface area contributed by atoms with Gasteiger partial charge in [-0.2, -0.15) is 18.3 Å². The number of carbonyl (C=O) groups is 1. The van der Waals surface area contributed by atoms with Gasteiger partial charge in [-0.1, -0.05) is 12.1 Å². The van der Waals surface area contributed by atoms with Crippen LogP contribution in [0.4, 0.5) is 13.2 Å². The van der Waals surface area contributed by atoms with E-state index in [9.17, 15) is 18.0 Å². The third-order valence-corrected chi connectivity index (χ3v) is 2.78. The van der Waals surface area contributed by atoms with Crippen LogP contribution in [0.5, 0.6) is 0 Å². The maximum absolute atomic E-state index is 12.7. The first-order chi connectivity index (χ1) is 8.80. The number of hydrogen-bond acceptors (Lipinski definition) is 2. The summed E-state index contributed by atoms with van der Waals surface area (Å²) >= 11 is 0. The summed E-state index contributed by atoms with van der Waals surface area (Å²) in [5.74, 6) is -0.236. The van der Waals surface area contributed by atoms with Crippen molar-refractivity contribution in [3.05, 3.63) is 41.6 Å². The highest BCUT2D eigenvalue weighted by molar-refractivity contribution is 5.99. The average molecular weight is 268 g/mol. The zero-order valence-electron chi connectivity index (χ0n) is 10.3. The second-order valence-electron chi connectivity index (χ2n) is 4.17. The van der Waals surface area contributed by atoms with Gasteiger partial charge >= 0.3 is 6.18 Å². The Morgan fingerprint density at radius 2 is 2.00 bits per heavy atom.